The Hall–Kier alpha value is -0.0436. The second-order valence-corrected chi connectivity index (χ2v) is 9.05. The zero-order chi connectivity index (χ0) is 27.0. The molecule has 0 radical (unpaired) electrons. The van der Waals surface area contributed by atoms with E-state index < -0.39 is 0 Å². The second-order valence-electron chi connectivity index (χ2n) is 9.05. The predicted octanol–water partition coefficient (Wildman–Crippen LogP) is -1.46. The van der Waals surface area contributed by atoms with Gasteiger partial charge in [-0.25, -0.2) is 0 Å². The fourth-order valence-corrected chi connectivity index (χ4v) is 3.95. The molecule has 0 spiro atoms. The van der Waals surface area contributed by atoms with Gasteiger partial charge in [0.05, 0.1) is 59.3 Å². The van der Waals surface area contributed by atoms with Crippen molar-refractivity contribution in [3.05, 3.63) is 51.9 Å². The van der Waals surface area contributed by atoms with E-state index in [1.807, 2.05) is 0 Å². The van der Waals surface area contributed by atoms with E-state index in [0.29, 0.717) is 51.4 Å². The van der Waals surface area contributed by atoms with Gasteiger partial charge in [0.1, 0.15) is 0 Å². The molecule has 9 nitrogen and oxygen atoms in total. The average molecular weight is 630 g/mol. The zero-order valence-electron chi connectivity index (χ0n) is 24.7. The maximum atomic E-state index is 8.66. The van der Waals surface area contributed by atoms with Gasteiger partial charge in [0.25, 0.3) is 0 Å². The van der Waals surface area contributed by atoms with Gasteiger partial charge in [-0.2, -0.15) is 0 Å². The number of ether oxygens (including phenoxy) is 3. The van der Waals surface area contributed by atoms with Crippen LogP contribution >= 0.6 is 12.4 Å². The van der Waals surface area contributed by atoms with Gasteiger partial charge in [-0.05, 0) is 54.2 Å². The molecule has 2 unspecified atom stereocenters. The van der Waals surface area contributed by atoms with Crippen molar-refractivity contribution in [1.82, 2.24) is 0 Å². The summed E-state index contributed by atoms with van der Waals surface area (Å²) in [4.78, 5) is 7.02. The van der Waals surface area contributed by atoms with E-state index >= 15 is 0 Å². The standard InChI is InChI=1S/C10H19NO.C10H10.C6H14N4O2.C2H4O.2ClH.K/c1-8-4-3-5-9(2)10(8)11-6-7-12;1-2-6-10-8-4-3-7-9(10)5-1;7-1-3-11-5-6-12-4-2-9-10-8;1-2-3-1;;;/h8-9,12H,3-7H2,1-2H3;1-3,5-7H,4,8H2;1-7H2;1-2H2;2*1H;/q;;;;;;+1. The monoisotopic (exact) mass is 628 g/mol. The number of halogens is 2. The predicted molar refractivity (Wildman–Crippen MR) is 157 cm³/mol. The molecule has 1 heterocycles. The first-order valence-electron chi connectivity index (χ1n) is 13.6. The van der Waals surface area contributed by atoms with E-state index in [0.717, 1.165) is 19.8 Å². The molecule has 1 aliphatic heterocycles. The first-order valence-corrected chi connectivity index (χ1v) is 13.6. The van der Waals surface area contributed by atoms with Crippen LogP contribution in [0.5, 0.6) is 0 Å². The number of aliphatic hydroxyl groups is 1. The van der Waals surface area contributed by atoms with Crippen LogP contribution in [0, 0.1) is 11.8 Å². The number of hydrogen-bond acceptors (Lipinski definition) is 6. The van der Waals surface area contributed by atoms with Gasteiger partial charge in [0.15, 0.2) is 0 Å². The molecule has 0 bridgehead atoms. The van der Waals surface area contributed by atoms with Crippen molar-refractivity contribution in [2.75, 3.05) is 65.9 Å². The SMILES string of the molecule is C1=Cc2ccccc2CC1.C1CO1.CC1CCCC(C)C1=NCCO.Cl.[Cl-].[K+].[N-]=[N+]=NCCOCCOCC[NH3+]. The summed E-state index contributed by atoms with van der Waals surface area (Å²) in [6.07, 6.45) is 10.7. The minimum absolute atomic E-state index is 0. The molecule has 0 amide bonds. The normalized spacial score (nSPS) is 17.4. The van der Waals surface area contributed by atoms with Crippen LogP contribution < -0.4 is 69.5 Å². The van der Waals surface area contributed by atoms with E-state index in [1.165, 1.54) is 48.9 Å². The Morgan fingerprint density at radius 2 is 1.68 bits per heavy atom. The molecule has 2 atom stereocenters. The molecule has 1 saturated heterocycles. The number of aryl methyl sites for hydroxylation is 1. The minimum Gasteiger partial charge on any atom is -1.00 e. The summed E-state index contributed by atoms with van der Waals surface area (Å²) < 4.78 is 14.7. The maximum Gasteiger partial charge on any atom is 1.00 e. The summed E-state index contributed by atoms with van der Waals surface area (Å²) in [7, 11) is 0. The van der Waals surface area contributed by atoms with Gasteiger partial charge >= 0.3 is 51.4 Å². The van der Waals surface area contributed by atoms with E-state index in [4.69, 9.17) is 20.1 Å². The Bertz CT molecular complexity index is 813. The number of aliphatic imine (C=N–C) groups is 1. The van der Waals surface area contributed by atoms with Crippen molar-refractivity contribution < 1.29 is 88.8 Å². The Morgan fingerprint density at radius 3 is 2.23 bits per heavy atom. The first kappa shape index (κ1) is 44.4. The molecular weight excluding hydrogens is 580 g/mol. The van der Waals surface area contributed by atoms with Crippen LogP contribution in [-0.2, 0) is 20.6 Å². The van der Waals surface area contributed by atoms with Crippen LogP contribution in [0.15, 0.2) is 40.4 Å². The second kappa shape index (κ2) is 31.9. The molecule has 0 aromatic heterocycles. The van der Waals surface area contributed by atoms with E-state index in [2.05, 4.69) is 75.8 Å². The van der Waals surface area contributed by atoms with Crippen molar-refractivity contribution in [1.29, 1.82) is 0 Å². The smallest absolute Gasteiger partial charge is 1.00 e. The Kier molecular flexibility index (Phi) is 35.4. The first-order chi connectivity index (χ1) is 18.1. The number of hydrogen-bond donors (Lipinski definition) is 2. The van der Waals surface area contributed by atoms with E-state index in [-0.39, 0.29) is 82.8 Å². The average Bonchev–Trinajstić information content (AvgIpc) is 3.81. The van der Waals surface area contributed by atoms with Crippen LogP contribution in [0.3, 0.4) is 0 Å². The molecule has 4 rings (SSSR count). The molecule has 12 heteroatoms. The fraction of sp³-hybridized carbons (Fsp3) is 0.679. The summed E-state index contributed by atoms with van der Waals surface area (Å²) in [5.41, 5.74) is 15.7. The van der Waals surface area contributed by atoms with Crippen molar-refractivity contribution >= 4 is 24.2 Å². The Labute approximate surface area is 296 Å². The molecule has 1 saturated carbocycles. The molecule has 2 aliphatic carbocycles. The number of nitrogens with zero attached hydrogens (tertiary/aromatic N) is 4. The number of epoxide rings is 1. The largest absolute Gasteiger partial charge is 1.00 e. The van der Waals surface area contributed by atoms with Crippen LogP contribution in [0.2, 0.25) is 0 Å². The van der Waals surface area contributed by atoms with Crippen LogP contribution in [0.4, 0.5) is 0 Å². The number of aliphatic hydroxyl groups excluding tert-OH is 1. The quantitative estimate of drug-likeness (QED) is 0.0816. The molecule has 2 fully saturated rings. The van der Waals surface area contributed by atoms with Crippen molar-refractivity contribution in [3.8, 4) is 0 Å². The fourth-order valence-electron chi connectivity index (χ4n) is 3.95. The third-order valence-corrected chi connectivity index (χ3v) is 5.87. The van der Waals surface area contributed by atoms with Crippen LogP contribution in [0.25, 0.3) is 16.5 Å². The van der Waals surface area contributed by atoms with Crippen LogP contribution in [-0.4, -0.2) is 76.7 Å². The van der Waals surface area contributed by atoms with Gasteiger partial charge in [0.2, 0.25) is 0 Å². The number of rotatable bonds is 10. The topological polar surface area (TPSA) is 140 Å². The molecular formula is C28H49Cl2KN5O4+. The molecule has 4 N–H and O–H groups in total. The summed E-state index contributed by atoms with van der Waals surface area (Å²) in [6, 6.07) is 8.58. The van der Waals surface area contributed by atoms with Crippen LogP contribution in [0.1, 0.15) is 50.7 Å². The minimum atomic E-state index is 0. The summed E-state index contributed by atoms with van der Waals surface area (Å²) >= 11 is 0. The number of azide groups is 1. The number of quaternary nitrogens is 1. The summed E-state index contributed by atoms with van der Waals surface area (Å²) in [6.45, 7) is 10.7. The molecule has 1 aromatic rings. The summed E-state index contributed by atoms with van der Waals surface area (Å²) in [5, 5.41) is 12.0. The van der Waals surface area contributed by atoms with E-state index in [1.54, 1.807) is 0 Å². The van der Waals surface area contributed by atoms with Crippen molar-refractivity contribution in [3.63, 3.8) is 0 Å². The Balaban J connectivity index is -0.000000470. The number of benzene rings is 1. The van der Waals surface area contributed by atoms with Gasteiger partial charge in [-0.3, -0.25) is 4.99 Å². The molecule has 1 aromatic carbocycles. The zero-order valence-corrected chi connectivity index (χ0v) is 29.4. The third-order valence-electron chi connectivity index (χ3n) is 5.87. The molecule has 40 heavy (non-hydrogen) atoms. The number of fused-ring (bicyclic) bond motifs is 1. The van der Waals surface area contributed by atoms with Crippen molar-refractivity contribution in [2.24, 2.45) is 21.9 Å². The molecule has 224 valence electrons. The van der Waals surface area contributed by atoms with Gasteiger partial charge in [0, 0.05) is 17.2 Å². The van der Waals surface area contributed by atoms with E-state index in [9.17, 15) is 0 Å². The van der Waals surface area contributed by atoms with Gasteiger partial charge < -0.3 is 37.5 Å². The van der Waals surface area contributed by atoms with Crippen molar-refractivity contribution in [2.45, 2.75) is 46.0 Å². The van der Waals surface area contributed by atoms with Gasteiger partial charge in [-0.15, -0.1) is 12.4 Å². The summed E-state index contributed by atoms with van der Waals surface area (Å²) in [5.74, 6) is 1.28. The number of allylic oxidation sites excluding steroid dienone is 1. The maximum absolute atomic E-state index is 8.66. The Morgan fingerprint density at radius 1 is 1.05 bits per heavy atom. The third kappa shape index (κ3) is 24.5. The molecule has 3 aliphatic rings. The van der Waals surface area contributed by atoms with Gasteiger partial charge in [-0.1, -0.05) is 61.8 Å².